The highest BCUT2D eigenvalue weighted by Gasteiger charge is 2.01. The number of rotatable bonds is 2. The van der Waals surface area contributed by atoms with E-state index in [1.54, 1.807) is 19.3 Å². The van der Waals surface area contributed by atoms with Crippen molar-refractivity contribution in [3.05, 3.63) is 41.7 Å². The van der Waals surface area contributed by atoms with Crippen molar-refractivity contribution in [2.75, 3.05) is 0 Å². The molecule has 2 nitrogen and oxygen atoms in total. The SMILES string of the molecule is CC(=O)/C=C\c1cc2ccoc2cc1C. The quantitative estimate of drug-likeness (QED) is 0.696. The summed E-state index contributed by atoms with van der Waals surface area (Å²) >= 11 is 0. The number of allylic oxidation sites excluding steroid dienone is 1. The molecule has 1 heterocycles. The van der Waals surface area contributed by atoms with Crippen LogP contribution >= 0.6 is 0 Å². The first-order valence-corrected chi connectivity index (χ1v) is 4.83. The van der Waals surface area contributed by atoms with E-state index in [-0.39, 0.29) is 5.78 Å². The molecule has 0 saturated carbocycles. The number of furan rings is 1. The molecule has 0 saturated heterocycles. The minimum atomic E-state index is 0.0571. The summed E-state index contributed by atoms with van der Waals surface area (Å²) in [6.07, 6.45) is 5.08. The Morgan fingerprint density at radius 1 is 1.40 bits per heavy atom. The van der Waals surface area contributed by atoms with Gasteiger partial charge in [0.15, 0.2) is 5.78 Å². The molecule has 0 bridgehead atoms. The molecule has 0 amide bonds. The molecule has 76 valence electrons. The Morgan fingerprint density at radius 3 is 2.93 bits per heavy atom. The topological polar surface area (TPSA) is 30.2 Å². The summed E-state index contributed by atoms with van der Waals surface area (Å²) in [7, 11) is 0. The molecule has 0 radical (unpaired) electrons. The Hall–Kier alpha value is -1.83. The van der Waals surface area contributed by atoms with Crippen LogP contribution in [0.15, 0.2) is 35.0 Å². The second-order valence-electron chi connectivity index (χ2n) is 3.61. The van der Waals surface area contributed by atoms with E-state index in [9.17, 15) is 4.79 Å². The van der Waals surface area contributed by atoms with E-state index < -0.39 is 0 Å². The second kappa shape index (κ2) is 3.73. The smallest absolute Gasteiger partial charge is 0.152 e. The van der Waals surface area contributed by atoms with Crippen LogP contribution in [0.2, 0.25) is 0 Å². The zero-order valence-corrected chi connectivity index (χ0v) is 8.78. The van der Waals surface area contributed by atoms with Crippen molar-refractivity contribution in [1.82, 2.24) is 0 Å². The van der Waals surface area contributed by atoms with Crippen molar-refractivity contribution in [2.24, 2.45) is 0 Å². The molecule has 0 N–H and O–H groups in total. The predicted molar refractivity (Wildman–Crippen MR) is 60.7 cm³/mol. The van der Waals surface area contributed by atoms with Crippen molar-refractivity contribution in [1.29, 1.82) is 0 Å². The zero-order chi connectivity index (χ0) is 10.8. The van der Waals surface area contributed by atoms with Gasteiger partial charge in [0.25, 0.3) is 0 Å². The van der Waals surface area contributed by atoms with Crippen LogP contribution in [0, 0.1) is 6.92 Å². The van der Waals surface area contributed by atoms with Crippen LogP contribution in [0.3, 0.4) is 0 Å². The molecule has 0 spiro atoms. The van der Waals surface area contributed by atoms with Crippen LogP contribution < -0.4 is 0 Å². The lowest BCUT2D eigenvalue weighted by atomic mass is 10.1. The Kier molecular flexibility index (Phi) is 2.42. The van der Waals surface area contributed by atoms with Crippen molar-refractivity contribution >= 4 is 22.8 Å². The summed E-state index contributed by atoms with van der Waals surface area (Å²) < 4.78 is 5.29. The second-order valence-corrected chi connectivity index (χ2v) is 3.61. The molecule has 1 aromatic carbocycles. The molecule has 0 atom stereocenters. The molecule has 2 rings (SSSR count). The third-order valence-electron chi connectivity index (χ3n) is 2.34. The van der Waals surface area contributed by atoms with E-state index in [1.165, 1.54) is 0 Å². The van der Waals surface area contributed by atoms with Gasteiger partial charge in [0.1, 0.15) is 5.58 Å². The van der Waals surface area contributed by atoms with Gasteiger partial charge in [0.05, 0.1) is 6.26 Å². The Bertz CT molecular complexity index is 532. The first-order chi connectivity index (χ1) is 7.16. The van der Waals surface area contributed by atoms with Crippen LogP contribution in [0.4, 0.5) is 0 Å². The van der Waals surface area contributed by atoms with Crippen molar-refractivity contribution in [2.45, 2.75) is 13.8 Å². The molecular weight excluding hydrogens is 188 g/mol. The Balaban J connectivity index is 2.50. The Labute approximate surface area is 88.2 Å². The molecule has 2 aromatic rings. The van der Waals surface area contributed by atoms with Crippen LogP contribution in [-0.2, 0) is 4.79 Å². The lowest BCUT2D eigenvalue weighted by Gasteiger charge is -1.99. The molecular formula is C13H12O2. The number of carbonyl (C=O) groups excluding carboxylic acids is 1. The lowest BCUT2D eigenvalue weighted by Crippen LogP contribution is -1.83. The zero-order valence-electron chi connectivity index (χ0n) is 8.78. The van der Waals surface area contributed by atoms with Gasteiger partial charge in [0.2, 0.25) is 0 Å². The van der Waals surface area contributed by atoms with Gasteiger partial charge in [-0.05, 0) is 49.2 Å². The van der Waals surface area contributed by atoms with Crippen molar-refractivity contribution < 1.29 is 9.21 Å². The monoisotopic (exact) mass is 200 g/mol. The van der Waals surface area contributed by atoms with E-state index in [1.807, 2.05) is 31.2 Å². The summed E-state index contributed by atoms with van der Waals surface area (Å²) in [4.78, 5) is 10.8. The van der Waals surface area contributed by atoms with Gasteiger partial charge in [-0.1, -0.05) is 6.08 Å². The van der Waals surface area contributed by atoms with E-state index in [2.05, 4.69) is 0 Å². The average molecular weight is 200 g/mol. The third kappa shape index (κ3) is 1.99. The summed E-state index contributed by atoms with van der Waals surface area (Å²) in [5.41, 5.74) is 3.04. The fraction of sp³-hybridized carbons (Fsp3) is 0.154. The molecule has 0 aliphatic carbocycles. The van der Waals surface area contributed by atoms with E-state index >= 15 is 0 Å². The van der Waals surface area contributed by atoms with Gasteiger partial charge in [0, 0.05) is 5.39 Å². The molecule has 1 aromatic heterocycles. The average Bonchev–Trinajstić information content (AvgIpc) is 2.60. The van der Waals surface area contributed by atoms with Gasteiger partial charge in [-0.3, -0.25) is 4.79 Å². The maximum Gasteiger partial charge on any atom is 0.152 e. The highest BCUT2D eigenvalue weighted by molar-refractivity contribution is 5.92. The Morgan fingerprint density at radius 2 is 2.20 bits per heavy atom. The minimum Gasteiger partial charge on any atom is -0.464 e. The maximum absolute atomic E-state index is 10.8. The van der Waals surface area contributed by atoms with Gasteiger partial charge in [-0.15, -0.1) is 0 Å². The minimum absolute atomic E-state index is 0.0571. The van der Waals surface area contributed by atoms with Crippen LogP contribution in [-0.4, -0.2) is 5.78 Å². The lowest BCUT2D eigenvalue weighted by molar-refractivity contribution is -0.112. The van der Waals surface area contributed by atoms with E-state index in [0.29, 0.717) is 0 Å². The number of ketones is 1. The van der Waals surface area contributed by atoms with Gasteiger partial charge >= 0.3 is 0 Å². The molecule has 2 heteroatoms. The molecule has 0 fully saturated rings. The normalized spacial score (nSPS) is 11.3. The molecule has 0 unspecified atom stereocenters. The molecule has 15 heavy (non-hydrogen) atoms. The third-order valence-corrected chi connectivity index (χ3v) is 2.34. The number of hydrogen-bond donors (Lipinski definition) is 0. The largest absolute Gasteiger partial charge is 0.464 e. The molecule has 0 aliphatic heterocycles. The van der Waals surface area contributed by atoms with Gasteiger partial charge in [-0.2, -0.15) is 0 Å². The fourth-order valence-electron chi connectivity index (χ4n) is 1.52. The van der Waals surface area contributed by atoms with Crippen molar-refractivity contribution in [3.8, 4) is 0 Å². The summed E-state index contributed by atoms with van der Waals surface area (Å²) in [5, 5.41) is 1.06. The predicted octanol–water partition coefficient (Wildman–Crippen LogP) is 3.34. The van der Waals surface area contributed by atoms with Crippen LogP contribution in [0.1, 0.15) is 18.1 Å². The number of fused-ring (bicyclic) bond motifs is 1. The number of hydrogen-bond acceptors (Lipinski definition) is 2. The van der Waals surface area contributed by atoms with E-state index in [4.69, 9.17) is 4.42 Å². The standard InChI is InChI=1S/C13H12O2/c1-9-7-13-12(5-6-15-13)8-11(9)4-3-10(2)14/h3-8H,1-2H3/b4-3-. The summed E-state index contributed by atoms with van der Waals surface area (Å²) in [6, 6.07) is 5.92. The van der Waals surface area contributed by atoms with Gasteiger partial charge < -0.3 is 4.42 Å². The van der Waals surface area contributed by atoms with Gasteiger partial charge in [-0.25, -0.2) is 0 Å². The highest BCUT2D eigenvalue weighted by Crippen LogP contribution is 2.21. The number of benzene rings is 1. The van der Waals surface area contributed by atoms with Crippen LogP contribution in [0.5, 0.6) is 0 Å². The van der Waals surface area contributed by atoms with Crippen molar-refractivity contribution in [3.63, 3.8) is 0 Å². The number of carbonyl (C=O) groups is 1. The molecule has 0 aliphatic rings. The maximum atomic E-state index is 10.8. The fourth-order valence-corrected chi connectivity index (χ4v) is 1.52. The van der Waals surface area contributed by atoms with E-state index in [0.717, 1.165) is 22.1 Å². The summed E-state index contributed by atoms with van der Waals surface area (Å²) in [5.74, 6) is 0.0571. The summed E-state index contributed by atoms with van der Waals surface area (Å²) in [6.45, 7) is 3.55. The first-order valence-electron chi connectivity index (χ1n) is 4.83. The first kappa shape index (κ1) is 9.71. The highest BCUT2D eigenvalue weighted by atomic mass is 16.3. The number of aryl methyl sites for hydroxylation is 1. The van der Waals surface area contributed by atoms with Crippen LogP contribution in [0.25, 0.3) is 17.0 Å².